The summed E-state index contributed by atoms with van der Waals surface area (Å²) in [5.74, 6) is 0.536. The predicted octanol–water partition coefficient (Wildman–Crippen LogP) is 3.15. The van der Waals surface area contributed by atoms with E-state index in [2.05, 4.69) is 15.1 Å². The van der Waals surface area contributed by atoms with Gasteiger partial charge in [0, 0.05) is 19.3 Å². The molecule has 1 N–H and O–H groups in total. The standard InChI is InChI=1S/C20H20F3N5O2/c1-11-8-13(12-2-3-12)9-15(20(21,22)23)16(11)28-10-14-17(26-28)24-19(25-18(14)29)27-4-6-30-7-5-27/h8-10,12H,2-7H2,1H3,(H,24,25,26,29). The fourth-order valence-corrected chi connectivity index (χ4v) is 3.92. The number of fused-ring (bicyclic) bond motifs is 1. The molecule has 0 atom stereocenters. The maximum Gasteiger partial charge on any atom is 0.418 e. The average molecular weight is 419 g/mol. The number of nitrogens with zero attached hydrogens (tertiary/aromatic N) is 4. The normalized spacial score (nSPS) is 17.7. The van der Waals surface area contributed by atoms with Gasteiger partial charge in [-0.2, -0.15) is 18.2 Å². The third-order valence-electron chi connectivity index (χ3n) is 5.59. The molecule has 3 aromatic rings. The molecule has 0 amide bonds. The molecule has 2 aliphatic rings. The van der Waals surface area contributed by atoms with Crippen molar-refractivity contribution < 1.29 is 17.9 Å². The van der Waals surface area contributed by atoms with E-state index < -0.39 is 17.3 Å². The maximum atomic E-state index is 13.9. The van der Waals surface area contributed by atoms with E-state index in [1.807, 2.05) is 4.90 Å². The Bertz CT molecular complexity index is 1170. The fourth-order valence-electron chi connectivity index (χ4n) is 3.92. The number of morpholine rings is 1. The number of aryl methyl sites for hydroxylation is 1. The Kier molecular flexibility index (Phi) is 4.35. The molecule has 10 heteroatoms. The number of anilines is 1. The van der Waals surface area contributed by atoms with E-state index in [4.69, 9.17) is 4.74 Å². The van der Waals surface area contributed by atoms with Crippen molar-refractivity contribution in [1.82, 2.24) is 19.7 Å². The lowest BCUT2D eigenvalue weighted by Gasteiger charge is -2.26. The summed E-state index contributed by atoms with van der Waals surface area (Å²) in [6.45, 7) is 3.79. The highest BCUT2D eigenvalue weighted by Crippen LogP contribution is 2.44. The first-order valence-electron chi connectivity index (χ1n) is 9.86. The predicted molar refractivity (Wildman–Crippen MR) is 104 cm³/mol. The molecule has 5 rings (SSSR count). The van der Waals surface area contributed by atoms with Crippen LogP contribution in [0.15, 0.2) is 23.1 Å². The summed E-state index contributed by atoms with van der Waals surface area (Å²) in [5, 5.41) is 4.40. The fraction of sp³-hybridized carbons (Fsp3) is 0.450. The molecule has 7 nitrogen and oxygen atoms in total. The number of benzene rings is 1. The van der Waals surface area contributed by atoms with Crippen molar-refractivity contribution in [2.24, 2.45) is 0 Å². The molecule has 2 fully saturated rings. The van der Waals surface area contributed by atoms with E-state index in [9.17, 15) is 18.0 Å². The van der Waals surface area contributed by atoms with Gasteiger partial charge in [0.1, 0.15) is 5.39 Å². The van der Waals surface area contributed by atoms with Crippen molar-refractivity contribution in [3.8, 4) is 5.69 Å². The van der Waals surface area contributed by atoms with Crippen LogP contribution in [0.5, 0.6) is 0 Å². The molecular weight excluding hydrogens is 399 g/mol. The van der Waals surface area contributed by atoms with Crippen LogP contribution in [-0.2, 0) is 10.9 Å². The van der Waals surface area contributed by atoms with Gasteiger partial charge in [-0.05, 0) is 42.9 Å². The second-order valence-electron chi connectivity index (χ2n) is 7.81. The first-order valence-corrected chi connectivity index (χ1v) is 9.86. The molecule has 0 bridgehead atoms. The summed E-state index contributed by atoms with van der Waals surface area (Å²) in [4.78, 5) is 21.5. The maximum absolute atomic E-state index is 13.9. The molecule has 0 radical (unpaired) electrons. The van der Waals surface area contributed by atoms with Crippen molar-refractivity contribution in [3.05, 3.63) is 45.4 Å². The van der Waals surface area contributed by atoms with Gasteiger partial charge in [0.05, 0.1) is 24.5 Å². The zero-order valence-electron chi connectivity index (χ0n) is 16.3. The number of aromatic amines is 1. The Morgan fingerprint density at radius 1 is 1.20 bits per heavy atom. The third-order valence-corrected chi connectivity index (χ3v) is 5.59. The molecule has 1 aliphatic carbocycles. The quantitative estimate of drug-likeness (QED) is 0.706. The monoisotopic (exact) mass is 419 g/mol. The van der Waals surface area contributed by atoms with Gasteiger partial charge in [0.15, 0.2) is 5.65 Å². The van der Waals surface area contributed by atoms with Crippen LogP contribution >= 0.6 is 0 Å². The number of alkyl halides is 3. The molecule has 1 saturated heterocycles. The molecule has 0 unspecified atom stereocenters. The lowest BCUT2D eigenvalue weighted by atomic mass is 10.00. The van der Waals surface area contributed by atoms with E-state index in [0.717, 1.165) is 17.5 Å². The molecule has 30 heavy (non-hydrogen) atoms. The number of hydrogen-bond acceptors (Lipinski definition) is 5. The highest BCUT2D eigenvalue weighted by molar-refractivity contribution is 5.75. The zero-order valence-corrected chi connectivity index (χ0v) is 16.3. The van der Waals surface area contributed by atoms with Gasteiger partial charge in [-0.25, -0.2) is 4.68 Å². The minimum atomic E-state index is -4.54. The smallest absolute Gasteiger partial charge is 0.378 e. The average Bonchev–Trinajstić information content (AvgIpc) is 3.46. The van der Waals surface area contributed by atoms with Gasteiger partial charge < -0.3 is 9.64 Å². The van der Waals surface area contributed by atoms with Gasteiger partial charge in [0.2, 0.25) is 5.95 Å². The van der Waals surface area contributed by atoms with Crippen LogP contribution in [0, 0.1) is 6.92 Å². The molecule has 3 heterocycles. The van der Waals surface area contributed by atoms with Crippen molar-refractivity contribution in [2.75, 3.05) is 31.2 Å². The zero-order chi connectivity index (χ0) is 21.0. The minimum absolute atomic E-state index is 0.0720. The van der Waals surface area contributed by atoms with E-state index in [-0.39, 0.29) is 22.6 Å². The van der Waals surface area contributed by atoms with Crippen LogP contribution in [-0.4, -0.2) is 46.1 Å². The van der Waals surface area contributed by atoms with Crippen molar-refractivity contribution in [2.45, 2.75) is 31.9 Å². The number of nitrogens with one attached hydrogen (secondary N) is 1. The molecule has 1 aromatic carbocycles. The summed E-state index contributed by atoms with van der Waals surface area (Å²) < 4.78 is 48.1. The highest BCUT2D eigenvalue weighted by atomic mass is 19.4. The largest absolute Gasteiger partial charge is 0.418 e. The first-order chi connectivity index (χ1) is 14.3. The van der Waals surface area contributed by atoms with Gasteiger partial charge >= 0.3 is 6.18 Å². The lowest BCUT2D eigenvalue weighted by Crippen LogP contribution is -2.38. The Hall–Kier alpha value is -2.88. The van der Waals surface area contributed by atoms with Crippen LogP contribution in [0.2, 0.25) is 0 Å². The third kappa shape index (κ3) is 3.34. The van der Waals surface area contributed by atoms with Crippen LogP contribution < -0.4 is 10.5 Å². The van der Waals surface area contributed by atoms with E-state index in [0.29, 0.717) is 43.4 Å². The van der Waals surface area contributed by atoms with Crippen LogP contribution in [0.25, 0.3) is 16.7 Å². The summed E-state index contributed by atoms with van der Waals surface area (Å²) in [5.41, 5.74) is 0.0158. The topological polar surface area (TPSA) is 76.0 Å². The number of rotatable bonds is 3. The summed E-state index contributed by atoms with van der Waals surface area (Å²) in [6.07, 6.45) is -1.41. The van der Waals surface area contributed by atoms with Crippen LogP contribution in [0.3, 0.4) is 0 Å². The first kappa shape index (κ1) is 19.1. The second-order valence-corrected chi connectivity index (χ2v) is 7.81. The Labute approximate surface area is 169 Å². The Balaban J connectivity index is 1.64. The molecule has 1 saturated carbocycles. The van der Waals surface area contributed by atoms with Gasteiger partial charge in [-0.3, -0.25) is 9.78 Å². The summed E-state index contributed by atoms with van der Waals surface area (Å²) >= 11 is 0. The van der Waals surface area contributed by atoms with Crippen molar-refractivity contribution in [1.29, 1.82) is 0 Å². The molecule has 158 valence electrons. The molecule has 1 aliphatic heterocycles. The van der Waals surface area contributed by atoms with Gasteiger partial charge in [-0.15, -0.1) is 5.10 Å². The number of H-pyrrole nitrogens is 1. The highest BCUT2D eigenvalue weighted by Gasteiger charge is 2.37. The van der Waals surface area contributed by atoms with Gasteiger partial charge in [-0.1, -0.05) is 6.07 Å². The molecule has 2 aromatic heterocycles. The van der Waals surface area contributed by atoms with Gasteiger partial charge in [0.25, 0.3) is 5.56 Å². The second kappa shape index (κ2) is 6.83. The van der Waals surface area contributed by atoms with E-state index in [1.54, 1.807) is 13.0 Å². The summed E-state index contributed by atoms with van der Waals surface area (Å²) in [7, 11) is 0. The minimum Gasteiger partial charge on any atom is -0.378 e. The summed E-state index contributed by atoms with van der Waals surface area (Å²) in [6, 6.07) is 2.99. The van der Waals surface area contributed by atoms with E-state index in [1.165, 1.54) is 12.3 Å². The molecular formula is C20H20F3N5O2. The van der Waals surface area contributed by atoms with Crippen LogP contribution in [0.4, 0.5) is 19.1 Å². The number of hydrogen-bond donors (Lipinski definition) is 1. The van der Waals surface area contributed by atoms with E-state index >= 15 is 0 Å². The number of aromatic nitrogens is 4. The lowest BCUT2D eigenvalue weighted by molar-refractivity contribution is -0.137. The number of ether oxygens (including phenoxy) is 1. The molecule has 0 spiro atoms. The SMILES string of the molecule is Cc1cc(C2CC2)cc(C(F)(F)F)c1-n1cc2c(=O)[nH]c(N3CCOCC3)nc2n1. The van der Waals surface area contributed by atoms with Crippen LogP contribution in [0.1, 0.15) is 35.4 Å². The van der Waals surface area contributed by atoms with Crippen molar-refractivity contribution in [3.63, 3.8) is 0 Å². The number of halogens is 3. The Morgan fingerprint density at radius 3 is 2.60 bits per heavy atom. The Morgan fingerprint density at radius 2 is 1.93 bits per heavy atom. The van der Waals surface area contributed by atoms with Crippen molar-refractivity contribution >= 4 is 17.0 Å².